The summed E-state index contributed by atoms with van der Waals surface area (Å²) in [5.41, 5.74) is 4.62. The second-order valence-electron chi connectivity index (χ2n) is 6.47. The Balaban J connectivity index is 1.81. The van der Waals surface area contributed by atoms with Gasteiger partial charge in [0.05, 0.1) is 15.6 Å². The van der Waals surface area contributed by atoms with E-state index < -0.39 is 5.97 Å². The molecule has 0 radical (unpaired) electrons. The summed E-state index contributed by atoms with van der Waals surface area (Å²) in [4.78, 5) is 16.7. The molecule has 0 atom stereocenters. The van der Waals surface area contributed by atoms with Crippen LogP contribution in [-0.2, 0) is 11.2 Å². The van der Waals surface area contributed by atoms with Crippen LogP contribution in [0, 0.1) is 6.92 Å². The van der Waals surface area contributed by atoms with Crippen molar-refractivity contribution in [1.29, 1.82) is 0 Å². The Morgan fingerprint density at radius 2 is 1.69 bits per heavy atom. The molecule has 1 heterocycles. The highest BCUT2D eigenvalue weighted by atomic mass is 32.1. The lowest BCUT2D eigenvalue weighted by Crippen LogP contribution is -1.94. The third-order valence-corrected chi connectivity index (χ3v) is 5.48. The first-order valence-electron chi connectivity index (χ1n) is 8.97. The first-order valence-corrected chi connectivity index (χ1v) is 9.79. The molecule has 0 aliphatic rings. The number of rotatable bonds is 8. The average molecular weight is 365 g/mol. The quantitative estimate of drug-likeness (QED) is 0.500. The number of nitrogens with zero attached hydrogens (tertiary/aromatic N) is 1. The topological polar surface area (TPSA) is 50.2 Å². The summed E-state index contributed by atoms with van der Waals surface area (Å²) in [6, 6.07) is 18.9. The minimum Gasteiger partial charge on any atom is -0.481 e. The number of aliphatic carboxylic acids is 1. The molecule has 0 aliphatic carbocycles. The lowest BCUT2D eigenvalue weighted by atomic mass is 10.1. The van der Waals surface area contributed by atoms with Gasteiger partial charge in [-0.2, -0.15) is 0 Å². The summed E-state index contributed by atoms with van der Waals surface area (Å²) < 4.78 is 0. The van der Waals surface area contributed by atoms with Crippen LogP contribution in [0.4, 0.5) is 0 Å². The third-order valence-electron chi connectivity index (χ3n) is 4.31. The van der Waals surface area contributed by atoms with Crippen LogP contribution < -0.4 is 0 Å². The Morgan fingerprint density at radius 1 is 0.962 bits per heavy atom. The summed E-state index contributed by atoms with van der Waals surface area (Å²) in [5, 5.41) is 9.85. The maximum absolute atomic E-state index is 10.6. The molecule has 1 aromatic heterocycles. The van der Waals surface area contributed by atoms with Crippen molar-refractivity contribution in [2.45, 2.75) is 39.0 Å². The van der Waals surface area contributed by atoms with Crippen molar-refractivity contribution in [3.8, 4) is 21.7 Å². The van der Waals surface area contributed by atoms with Gasteiger partial charge in [0.1, 0.15) is 0 Å². The predicted molar refractivity (Wildman–Crippen MR) is 108 cm³/mol. The van der Waals surface area contributed by atoms with E-state index in [1.807, 2.05) is 18.2 Å². The predicted octanol–water partition coefficient (Wildman–Crippen LogP) is 5.97. The molecular formula is C22H23NO2S. The van der Waals surface area contributed by atoms with Crippen LogP contribution in [0.5, 0.6) is 0 Å². The molecule has 134 valence electrons. The Bertz CT molecular complexity index is 854. The first-order chi connectivity index (χ1) is 12.6. The van der Waals surface area contributed by atoms with Crippen molar-refractivity contribution < 1.29 is 9.90 Å². The van der Waals surface area contributed by atoms with Gasteiger partial charge in [0.2, 0.25) is 0 Å². The fraction of sp³-hybridized carbons (Fsp3) is 0.273. The largest absolute Gasteiger partial charge is 0.481 e. The van der Waals surface area contributed by atoms with Crippen molar-refractivity contribution >= 4 is 17.3 Å². The molecule has 0 unspecified atom stereocenters. The number of thiazole rings is 1. The van der Waals surface area contributed by atoms with E-state index in [1.54, 1.807) is 11.3 Å². The van der Waals surface area contributed by atoms with Crippen LogP contribution in [-0.4, -0.2) is 16.1 Å². The van der Waals surface area contributed by atoms with Crippen LogP contribution in [0.25, 0.3) is 21.7 Å². The number of benzene rings is 2. The van der Waals surface area contributed by atoms with E-state index in [0.717, 1.165) is 41.9 Å². The smallest absolute Gasteiger partial charge is 0.303 e. The molecule has 0 amide bonds. The monoisotopic (exact) mass is 365 g/mol. The van der Waals surface area contributed by atoms with E-state index >= 15 is 0 Å². The molecule has 0 saturated carbocycles. The van der Waals surface area contributed by atoms with E-state index in [-0.39, 0.29) is 6.42 Å². The summed E-state index contributed by atoms with van der Waals surface area (Å²) in [6.07, 6.45) is 3.78. The van der Waals surface area contributed by atoms with E-state index in [4.69, 9.17) is 10.1 Å². The first kappa shape index (κ1) is 18.3. The fourth-order valence-electron chi connectivity index (χ4n) is 2.89. The average Bonchev–Trinajstić information content (AvgIpc) is 3.07. The minimum absolute atomic E-state index is 0.252. The number of carbonyl (C=O) groups is 1. The minimum atomic E-state index is -0.715. The zero-order valence-corrected chi connectivity index (χ0v) is 15.8. The number of aryl methyl sites for hydroxylation is 2. The molecule has 3 aromatic rings. The Hall–Kier alpha value is -2.46. The molecule has 0 bridgehead atoms. The van der Waals surface area contributed by atoms with Crippen molar-refractivity contribution in [2.24, 2.45) is 0 Å². The zero-order valence-electron chi connectivity index (χ0n) is 14.9. The van der Waals surface area contributed by atoms with E-state index in [1.165, 1.54) is 16.0 Å². The van der Waals surface area contributed by atoms with Crippen molar-refractivity contribution in [3.63, 3.8) is 0 Å². The maximum atomic E-state index is 10.6. The van der Waals surface area contributed by atoms with Gasteiger partial charge in [0.25, 0.3) is 0 Å². The lowest BCUT2D eigenvalue weighted by Gasteiger charge is -2.03. The molecule has 4 heteroatoms. The van der Waals surface area contributed by atoms with Gasteiger partial charge in [-0.25, -0.2) is 4.98 Å². The zero-order chi connectivity index (χ0) is 18.4. The van der Waals surface area contributed by atoms with Crippen molar-refractivity contribution in [1.82, 2.24) is 4.98 Å². The van der Waals surface area contributed by atoms with Gasteiger partial charge < -0.3 is 5.11 Å². The van der Waals surface area contributed by atoms with Crippen LogP contribution >= 0.6 is 11.3 Å². The van der Waals surface area contributed by atoms with Gasteiger partial charge in [-0.05, 0) is 31.7 Å². The van der Waals surface area contributed by atoms with Crippen LogP contribution in [0.3, 0.4) is 0 Å². The standard InChI is InChI=1S/C22H23NO2S/c1-16-12-14-18(15-13-16)22-21(17-8-4-2-5-9-17)23-19(26-22)10-6-3-7-11-20(24)25/h2,4-5,8-9,12-15H,3,6-7,10-11H2,1H3,(H,24,25). The SMILES string of the molecule is Cc1ccc(-c2sc(CCCCCC(=O)O)nc2-c2ccccc2)cc1. The van der Waals surface area contributed by atoms with Gasteiger partial charge in [-0.1, -0.05) is 66.6 Å². The second kappa shape index (κ2) is 8.77. The molecule has 2 aromatic carbocycles. The number of carboxylic acids is 1. The molecular weight excluding hydrogens is 342 g/mol. The Labute approximate surface area is 158 Å². The van der Waals surface area contributed by atoms with E-state index in [0.29, 0.717) is 0 Å². The Kier molecular flexibility index (Phi) is 6.18. The van der Waals surface area contributed by atoms with Gasteiger partial charge in [0.15, 0.2) is 0 Å². The molecule has 1 N–H and O–H groups in total. The van der Waals surface area contributed by atoms with Gasteiger partial charge in [0, 0.05) is 12.0 Å². The van der Waals surface area contributed by atoms with E-state index in [9.17, 15) is 4.79 Å². The molecule has 26 heavy (non-hydrogen) atoms. The third kappa shape index (κ3) is 4.79. The highest BCUT2D eigenvalue weighted by Crippen LogP contribution is 2.37. The summed E-state index contributed by atoms with van der Waals surface area (Å²) in [6.45, 7) is 2.09. The number of hydrogen-bond donors (Lipinski definition) is 1. The molecule has 3 nitrogen and oxygen atoms in total. The number of carboxylic acid groups (broad SMARTS) is 1. The summed E-state index contributed by atoms with van der Waals surface area (Å²) >= 11 is 1.75. The lowest BCUT2D eigenvalue weighted by molar-refractivity contribution is -0.137. The molecule has 0 saturated heterocycles. The van der Waals surface area contributed by atoms with Gasteiger partial charge >= 0.3 is 5.97 Å². The van der Waals surface area contributed by atoms with Gasteiger partial charge in [-0.3, -0.25) is 4.79 Å². The summed E-state index contributed by atoms with van der Waals surface area (Å²) in [7, 11) is 0. The maximum Gasteiger partial charge on any atom is 0.303 e. The van der Waals surface area contributed by atoms with Gasteiger partial charge in [-0.15, -0.1) is 11.3 Å². The van der Waals surface area contributed by atoms with Crippen molar-refractivity contribution in [3.05, 3.63) is 65.2 Å². The number of unbranched alkanes of at least 4 members (excludes halogenated alkanes) is 2. The fourth-order valence-corrected chi connectivity index (χ4v) is 4.03. The molecule has 0 spiro atoms. The van der Waals surface area contributed by atoms with E-state index in [2.05, 4.69) is 43.3 Å². The number of hydrogen-bond acceptors (Lipinski definition) is 3. The highest BCUT2D eigenvalue weighted by molar-refractivity contribution is 7.15. The van der Waals surface area contributed by atoms with Crippen LogP contribution in [0.15, 0.2) is 54.6 Å². The number of aromatic nitrogens is 1. The Morgan fingerprint density at radius 3 is 2.38 bits per heavy atom. The molecule has 0 fully saturated rings. The van der Waals surface area contributed by atoms with Crippen LogP contribution in [0.1, 0.15) is 36.3 Å². The molecule has 3 rings (SSSR count). The molecule has 0 aliphatic heterocycles. The summed E-state index contributed by atoms with van der Waals surface area (Å²) in [5.74, 6) is -0.715. The normalized spacial score (nSPS) is 10.8. The van der Waals surface area contributed by atoms with Crippen molar-refractivity contribution in [2.75, 3.05) is 0 Å². The second-order valence-corrected chi connectivity index (χ2v) is 7.56. The van der Waals surface area contributed by atoms with Crippen LogP contribution in [0.2, 0.25) is 0 Å². The highest BCUT2D eigenvalue weighted by Gasteiger charge is 2.14.